The zero-order valence-corrected chi connectivity index (χ0v) is 20.7. The van der Waals surface area contributed by atoms with Gasteiger partial charge in [0.05, 0.1) is 12.2 Å². The van der Waals surface area contributed by atoms with E-state index in [-0.39, 0.29) is 28.5 Å². The molecule has 2 heteroatoms. The van der Waals surface area contributed by atoms with Gasteiger partial charge < -0.3 is 10.2 Å². The van der Waals surface area contributed by atoms with E-state index < -0.39 is 0 Å². The van der Waals surface area contributed by atoms with Crippen molar-refractivity contribution < 1.29 is 10.2 Å². The van der Waals surface area contributed by atoms with Crippen LogP contribution in [-0.4, -0.2) is 22.4 Å². The highest BCUT2D eigenvalue weighted by Crippen LogP contribution is 2.72. The molecule has 0 unspecified atom stereocenters. The fraction of sp³-hybridized carbons (Fsp3) is 0.862. The predicted octanol–water partition coefficient (Wildman–Crippen LogP) is 6.67. The van der Waals surface area contributed by atoms with Gasteiger partial charge in [-0.1, -0.05) is 44.1 Å². The topological polar surface area (TPSA) is 40.5 Å². The lowest BCUT2D eigenvalue weighted by molar-refractivity contribution is -0.140. The van der Waals surface area contributed by atoms with E-state index in [4.69, 9.17) is 0 Å². The molecule has 0 aliphatic heterocycles. The van der Waals surface area contributed by atoms with Gasteiger partial charge in [-0.25, -0.2) is 0 Å². The minimum absolute atomic E-state index is 0.0821. The van der Waals surface area contributed by atoms with Crippen LogP contribution in [0, 0.1) is 45.8 Å². The van der Waals surface area contributed by atoms with Gasteiger partial charge in [0.1, 0.15) is 0 Å². The molecule has 31 heavy (non-hydrogen) atoms. The van der Waals surface area contributed by atoms with Crippen molar-refractivity contribution in [3.05, 3.63) is 23.3 Å². The zero-order chi connectivity index (χ0) is 22.2. The summed E-state index contributed by atoms with van der Waals surface area (Å²) in [5.41, 5.74) is 3.42. The largest absolute Gasteiger partial charge is 0.393 e. The number of aliphatic hydroxyl groups is 2. The Morgan fingerprint density at radius 3 is 2.48 bits per heavy atom. The van der Waals surface area contributed by atoms with E-state index in [0.717, 1.165) is 25.2 Å². The SMILES string of the molecule is CC(C)=CCC[C@@H](C)[C@H]1CC[C@H]2[C@@H]3CC=C4C5(CC5)[C@H](O)CC[C@]4(C)[C@H]3C[C@H](O)[C@]12C. The van der Waals surface area contributed by atoms with Gasteiger partial charge in [0.2, 0.25) is 0 Å². The van der Waals surface area contributed by atoms with E-state index in [2.05, 4.69) is 46.8 Å². The van der Waals surface area contributed by atoms with Gasteiger partial charge in [-0.15, -0.1) is 0 Å². The molecule has 4 saturated carbocycles. The van der Waals surface area contributed by atoms with Crippen LogP contribution in [0.3, 0.4) is 0 Å². The second-order valence-electron chi connectivity index (χ2n) is 13.0. The summed E-state index contributed by atoms with van der Waals surface area (Å²) in [4.78, 5) is 0. The summed E-state index contributed by atoms with van der Waals surface area (Å²) in [6, 6.07) is 0. The lowest BCUT2D eigenvalue weighted by Gasteiger charge is -2.61. The first-order valence-electron chi connectivity index (χ1n) is 13.3. The van der Waals surface area contributed by atoms with Crippen molar-refractivity contribution in [3.8, 4) is 0 Å². The Morgan fingerprint density at radius 1 is 1.06 bits per heavy atom. The Bertz CT molecular complexity index is 772. The Balaban J connectivity index is 1.41. The molecular weight excluding hydrogens is 380 g/mol. The van der Waals surface area contributed by atoms with Crippen LogP contribution in [0.15, 0.2) is 23.3 Å². The van der Waals surface area contributed by atoms with Gasteiger partial charge in [-0.2, -0.15) is 0 Å². The minimum atomic E-state index is -0.171. The van der Waals surface area contributed by atoms with Gasteiger partial charge in [0.15, 0.2) is 0 Å². The van der Waals surface area contributed by atoms with E-state index in [9.17, 15) is 10.2 Å². The summed E-state index contributed by atoms with van der Waals surface area (Å²) >= 11 is 0. The molecule has 2 nitrogen and oxygen atoms in total. The molecule has 0 aromatic rings. The molecule has 0 radical (unpaired) electrons. The molecule has 1 spiro atoms. The molecule has 174 valence electrons. The molecule has 2 N–H and O–H groups in total. The van der Waals surface area contributed by atoms with E-state index in [1.54, 1.807) is 5.57 Å². The minimum Gasteiger partial charge on any atom is -0.393 e. The molecule has 5 aliphatic rings. The summed E-state index contributed by atoms with van der Waals surface area (Å²) in [7, 11) is 0. The molecule has 0 aromatic carbocycles. The molecular formula is C29H46O2. The van der Waals surface area contributed by atoms with Crippen LogP contribution in [0.2, 0.25) is 0 Å². The fourth-order valence-electron chi connectivity index (χ4n) is 9.58. The van der Waals surface area contributed by atoms with Crippen molar-refractivity contribution in [3.63, 3.8) is 0 Å². The molecule has 9 atom stereocenters. The summed E-state index contributed by atoms with van der Waals surface area (Å²) in [6.07, 6.45) is 16.3. The maximum atomic E-state index is 11.7. The predicted molar refractivity (Wildman–Crippen MR) is 127 cm³/mol. The van der Waals surface area contributed by atoms with Gasteiger partial charge >= 0.3 is 0 Å². The van der Waals surface area contributed by atoms with Crippen LogP contribution >= 0.6 is 0 Å². The number of hydrogen-bond donors (Lipinski definition) is 2. The second-order valence-corrected chi connectivity index (χ2v) is 13.0. The van der Waals surface area contributed by atoms with Crippen molar-refractivity contribution in [2.45, 2.75) is 111 Å². The fourth-order valence-corrected chi connectivity index (χ4v) is 9.58. The van der Waals surface area contributed by atoms with Gasteiger partial charge in [0.25, 0.3) is 0 Å². The Morgan fingerprint density at radius 2 is 1.81 bits per heavy atom. The number of aliphatic hydroxyl groups excluding tert-OH is 2. The third kappa shape index (κ3) is 3.10. The Labute approximate surface area is 190 Å². The molecule has 0 aromatic heterocycles. The molecule has 0 amide bonds. The van der Waals surface area contributed by atoms with Gasteiger partial charge in [-0.05, 0) is 118 Å². The van der Waals surface area contributed by atoms with E-state index in [1.165, 1.54) is 50.5 Å². The maximum Gasteiger partial charge on any atom is 0.0634 e. The summed E-state index contributed by atoms with van der Waals surface area (Å²) in [6.45, 7) is 11.8. The molecule has 5 aliphatic carbocycles. The van der Waals surface area contributed by atoms with E-state index in [1.807, 2.05) is 0 Å². The quantitative estimate of drug-likeness (QED) is 0.493. The van der Waals surface area contributed by atoms with Crippen LogP contribution in [0.25, 0.3) is 0 Å². The van der Waals surface area contributed by atoms with Crippen LogP contribution < -0.4 is 0 Å². The van der Waals surface area contributed by atoms with E-state index >= 15 is 0 Å². The summed E-state index contributed by atoms with van der Waals surface area (Å²) < 4.78 is 0. The number of hydrogen-bond acceptors (Lipinski definition) is 2. The van der Waals surface area contributed by atoms with Crippen LogP contribution in [0.5, 0.6) is 0 Å². The normalized spacial score (nSPS) is 48.3. The third-order valence-corrected chi connectivity index (χ3v) is 11.4. The van der Waals surface area contributed by atoms with Crippen molar-refractivity contribution in [1.29, 1.82) is 0 Å². The van der Waals surface area contributed by atoms with Crippen molar-refractivity contribution in [1.82, 2.24) is 0 Å². The molecule has 0 heterocycles. The highest BCUT2D eigenvalue weighted by atomic mass is 16.3. The number of rotatable bonds is 4. The lowest BCUT2D eigenvalue weighted by Crippen LogP contribution is -2.57. The van der Waals surface area contributed by atoms with Crippen LogP contribution in [0.1, 0.15) is 98.8 Å². The molecule has 0 bridgehead atoms. The standard InChI is InChI=1S/C29H46O2/c1-18(2)7-6-8-19(3)21-10-11-22-20-9-12-24-27(4,14-13-25(30)29(24)15-16-29)23(20)17-26(31)28(21,22)5/h7,12,19-23,25-26,30-31H,6,8-11,13-17H2,1-5H3/t19-,20+,21-,22+,23+,25-,26+,27-,28-/m1/s1. The monoisotopic (exact) mass is 426 g/mol. The third-order valence-electron chi connectivity index (χ3n) is 11.4. The van der Waals surface area contributed by atoms with Crippen molar-refractivity contribution in [2.24, 2.45) is 45.8 Å². The summed E-state index contributed by atoms with van der Waals surface area (Å²) in [5, 5.41) is 22.5. The molecule has 5 rings (SSSR count). The average Bonchev–Trinajstić information content (AvgIpc) is 3.42. The van der Waals surface area contributed by atoms with Gasteiger partial charge in [-0.3, -0.25) is 0 Å². The molecule has 4 fully saturated rings. The first-order chi connectivity index (χ1) is 14.6. The molecule has 0 saturated heterocycles. The number of allylic oxidation sites excluding steroid dienone is 3. The maximum absolute atomic E-state index is 11.7. The first kappa shape index (κ1) is 22.2. The first-order valence-corrected chi connectivity index (χ1v) is 13.3. The highest BCUT2D eigenvalue weighted by molar-refractivity contribution is 5.37. The van der Waals surface area contributed by atoms with Crippen molar-refractivity contribution in [2.75, 3.05) is 0 Å². The van der Waals surface area contributed by atoms with Gasteiger partial charge in [0, 0.05) is 5.41 Å². The summed E-state index contributed by atoms with van der Waals surface area (Å²) in [5.74, 6) is 3.32. The second kappa shape index (κ2) is 7.45. The highest BCUT2D eigenvalue weighted by Gasteiger charge is 2.67. The van der Waals surface area contributed by atoms with Crippen molar-refractivity contribution >= 4 is 0 Å². The smallest absolute Gasteiger partial charge is 0.0634 e. The van der Waals surface area contributed by atoms with Crippen LogP contribution in [0.4, 0.5) is 0 Å². The number of fused-ring (bicyclic) bond motifs is 6. The lowest BCUT2D eigenvalue weighted by atomic mass is 9.44. The van der Waals surface area contributed by atoms with Crippen LogP contribution in [-0.2, 0) is 0 Å². The average molecular weight is 427 g/mol. The zero-order valence-electron chi connectivity index (χ0n) is 20.7. The Hall–Kier alpha value is -0.600. The Kier molecular flexibility index (Phi) is 5.34. The van der Waals surface area contributed by atoms with E-state index in [0.29, 0.717) is 23.7 Å².